The van der Waals surface area contributed by atoms with Gasteiger partial charge in [0.05, 0.1) is 22.3 Å². The molecule has 0 saturated heterocycles. The van der Waals surface area contributed by atoms with Crippen molar-refractivity contribution in [2.75, 3.05) is 0 Å². The number of nitrogens with one attached hydrogen (secondary N) is 1. The van der Waals surface area contributed by atoms with Crippen LogP contribution in [0.15, 0.2) is 16.7 Å². The topological polar surface area (TPSA) is 75.4 Å². The molecule has 0 saturated carbocycles. The molecule has 5 nitrogen and oxygen atoms in total. The number of benzene rings is 1. The minimum atomic E-state index is -0.498. The summed E-state index contributed by atoms with van der Waals surface area (Å²) >= 11 is 11.7. The molecule has 0 aliphatic heterocycles. The van der Waals surface area contributed by atoms with Gasteiger partial charge in [-0.2, -0.15) is 0 Å². The fourth-order valence-corrected chi connectivity index (χ4v) is 2.80. The van der Waals surface area contributed by atoms with Crippen molar-refractivity contribution in [1.82, 2.24) is 10.5 Å². The lowest BCUT2D eigenvalue weighted by atomic mass is 10.1. The number of amides is 1. The molecule has 0 aliphatic carbocycles. The Morgan fingerprint density at radius 1 is 1.38 bits per heavy atom. The molecule has 2 rings (SSSR count). The van der Waals surface area contributed by atoms with Crippen molar-refractivity contribution in [3.8, 4) is 5.75 Å². The fourth-order valence-electron chi connectivity index (χ4n) is 2.23. The van der Waals surface area contributed by atoms with Crippen LogP contribution in [0.1, 0.15) is 40.3 Å². The molecule has 21 heavy (non-hydrogen) atoms. The van der Waals surface area contributed by atoms with E-state index in [4.69, 9.17) is 27.7 Å². The molecule has 1 heterocycles. The lowest BCUT2D eigenvalue weighted by Crippen LogP contribution is -2.27. The first-order chi connectivity index (χ1) is 9.81. The van der Waals surface area contributed by atoms with Crippen LogP contribution >= 0.6 is 23.2 Å². The number of aryl methyl sites for hydroxylation is 2. The standard InChI is InChI=1S/C14H14Cl2N2O3/c1-6(12-7(2)18-21-8(12)3)17-14(20)13-10(16)4-9(15)5-11(13)19/h4-6,19H,1-3H3,(H,17,20)/t6-/m0/s1. The minimum Gasteiger partial charge on any atom is -0.507 e. The van der Waals surface area contributed by atoms with Gasteiger partial charge in [-0.1, -0.05) is 28.4 Å². The minimum absolute atomic E-state index is 0.0142. The first kappa shape index (κ1) is 15.7. The third-order valence-electron chi connectivity index (χ3n) is 3.13. The number of hydrogen-bond acceptors (Lipinski definition) is 4. The van der Waals surface area contributed by atoms with E-state index in [2.05, 4.69) is 10.5 Å². The first-order valence-corrected chi connectivity index (χ1v) is 6.98. The maximum absolute atomic E-state index is 12.3. The van der Waals surface area contributed by atoms with Gasteiger partial charge in [0.25, 0.3) is 5.91 Å². The van der Waals surface area contributed by atoms with Crippen LogP contribution in [0.3, 0.4) is 0 Å². The summed E-state index contributed by atoms with van der Waals surface area (Å²) in [5.74, 6) is -0.135. The molecule has 0 bridgehead atoms. The number of aromatic nitrogens is 1. The molecule has 7 heteroatoms. The molecule has 1 atom stereocenters. The van der Waals surface area contributed by atoms with E-state index in [1.165, 1.54) is 12.1 Å². The number of phenolic OH excluding ortho intramolecular Hbond substituents is 1. The van der Waals surface area contributed by atoms with E-state index in [1.54, 1.807) is 20.8 Å². The van der Waals surface area contributed by atoms with Gasteiger partial charge >= 0.3 is 0 Å². The number of carbonyl (C=O) groups is 1. The largest absolute Gasteiger partial charge is 0.507 e. The molecule has 1 amide bonds. The van der Waals surface area contributed by atoms with Crippen LogP contribution in [0.25, 0.3) is 0 Å². The lowest BCUT2D eigenvalue weighted by molar-refractivity contribution is 0.0937. The number of nitrogens with zero attached hydrogens (tertiary/aromatic N) is 1. The predicted molar refractivity (Wildman–Crippen MR) is 80.0 cm³/mol. The third-order valence-corrected chi connectivity index (χ3v) is 3.65. The Bertz CT molecular complexity index is 655. The van der Waals surface area contributed by atoms with Gasteiger partial charge in [-0.3, -0.25) is 4.79 Å². The molecule has 112 valence electrons. The first-order valence-electron chi connectivity index (χ1n) is 6.23. The highest BCUT2D eigenvalue weighted by Crippen LogP contribution is 2.30. The Labute approximate surface area is 131 Å². The average molecular weight is 329 g/mol. The molecule has 1 aromatic heterocycles. The number of carbonyl (C=O) groups excluding carboxylic acids is 1. The summed E-state index contributed by atoms with van der Waals surface area (Å²) in [5, 5.41) is 16.8. The fraction of sp³-hybridized carbons (Fsp3) is 0.286. The Balaban J connectivity index is 2.27. The Hall–Kier alpha value is -1.72. The van der Waals surface area contributed by atoms with Crippen molar-refractivity contribution in [2.24, 2.45) is 0 Å². The number of halogens is 2. The zero-order valence-corrected chi connectivity index (χ0v) is 13.2. The highest BCUT2D eigenvalue weighted by molar-refractivity contribution is 6.37. The van der Waals surface area contributed by atoms with Crippen molar-refractivity contribution in [2.45, 2.75) is 26.8 Å². The van der Waals surface area contributed by atoms with Gasteiger partial charge in [0.1, 0.15) is 11.5 Å². The maximum atomic E-state index is 12.3. The summed E-state index contributed by atoms with van der Waals surface area (Å²) in [6.45, 7) is 5.36. The monoisotopic (exact) mass is 328 g/mol. The average Bonchev–Trinajstić information content (AvgIpc) is 2.67. The third kappa shape index (κ3) is 3.14. The van der Waals surface area contributed by atoms with Gasteiger partial charge in [-0.05, 0) is 32.9 Å². The van der Waals surface area contributed by atoms with Crippen molar-refractivity contribution in [3.63, 3.8) is 0 Å². The van der Waals surface area contributed by atoms with E-state index >= 15 is 0 Å². The highest BCUT2D eigenvalue weighted by atomic mass is 35.5. The molecule has 0 unspecified atom stereocenters. The Morgan fingerprint density at radius 3 is 2.57 bits per heavy atom. The van der Waals surface area contributed by atoms with E-state index in [1.807, 2.05) is 0 Å². The van der Waals surface area contributed by atoms with E-state index in [9.17, 15) is 9.90 Å². The summed E-state index contributed by atoms with van der Waals surface area (Å²) in [4.78, 5) is 12.3. The van der Waals surface area contributed by atoms with Crippen LogP contribution in [-0.2, 0) is 0 Å². The second-order valence-corrected chi connectivity index (χ2v) is 5.56. The summed E-state index contributed by atoms with van der Waals surface area (Å²) < 4.78 is 5.07. The number of rotatable bonds is 3. The molecule has 2 N–H and O–H groups in total. The zero-order valence-electron chi connectivity index (χ0n) is 11.7. The summed E-state index contributed by atoms with van der Waals surface area (Å²) in [6.07, 6.45) is 0. The SMILES string of the molecule is Cc1noc(C)c1[C@H](C)NC(=O)c1c(O)cc(Cl)cc1Cl. The lowest BCUT2D eigenvalue weighted by Gasteiger charge is -2.15. The molecule has 0 fully saturated rings. The van der Waals surface area contributed by atoms with Gasteiger partial charge in [-0.25, -0.2) is 0 Å². The summed E-state index contributed by atoms with van der Waals surface area (Å²) in [5.41, 5.74) is 1.49. The molecule has 2 aromatic rings. The van der Waals surface area contributed by atoms with Gasteiger partial charge in [0, 0.05) is 10.6 Å². The molecule has 0 spiro atoms. The molecule has 0 aliphatic rings. The van der Waals surface area contributed by atoms with Crippen LogP contribution in [-0.4, -0.2) is 16.2 Å². The normalized spacial score (nSPS) is 12.2. The van der Waals surface area contributed by atoms with Crippen LogP contribution in [0.2, 0.25) is 10.0 Å². The number of phenols is 1. The van der Waals surface area contributed by atoms with E-state index < -0.39 is 5.91 Å². The Kier molecular flexibility index (Phi) is 4.44. The van der Waals surface area contributed by atoms with Crippen LogP contribution < -0.4 is 5.32 Å². The molecule has 1 aromatic carbocycles. The maximum Gasteiger partial charge on any atom is 0.257 e. The predicted octanol–water partition coefficient (Wildman–Crippen LogP) is 3.79. The number of hydrogen-bond donors (Lipinski definition) is 2. The van der Waals surface area contributed by atoms with Crippen molar-refractivity contribution in [3.05, 3.63) is 44.8 Å². The molecular weight excluding hydrogens is 315 g/mol. The van der Waals surface area contributed by atoms with Crippen LogP contribution in [0, 0.1) is 13.8 Å². The second-order valence-electron chi connectivity index (χ2n) is 4.71. The van der Waals surface area contributed by atoms with Crippen molar-refractivity contribution >= 4 is 29.1 Å². The highest BCUT2D eigenvalue weighted by Gasteiger charge is 2.22. The smallest absolute Gasteiger partial charge is 0.257 e. The number of aromatic hydroxyl groups is 1. The van der Waals surface area contributed by atoms with Gasteiger partial charge in [-0.15, -0.1) is 0 Å². The second kappa shape index (κ2) is 5.95. The van der Waals surface area contributed by atoms with Gasteiger partial charge in [0.2, 0.25) is 0 Å². The van der Waals surface area contributed by atoms with E-state index in [-0.39, 0.29) is 27.4 Å². The summed E-state index contributed by atoms with van der Waals surface area (Å²) in [6, 6.07) is 2.33. The van der Waals surface area contributed by atoms with Gasteiger partial charge < -0.3 is 14.9 Å². The zero-order chi connectivity index (χ0) is 15.7. The summed E-state index contributed by atoms with van der Waals surface area (Å²) in [7, 11) is 0. The van der Waals surface area contributed by atoms with Crippen molar-refractivity contribution in [1.29, 1.82) is 0 Å². The van der Waals surface area contributed by atoms with Crippen LogP contribution in [0.5, 0.6) is 5.75 Å². The Morgan fingerprint density at radius 2 is 2.05 bits per heavy atom. The quantitative estimate of drug-likeness (QED) is 0.898. The van der Waals surface area contributed by atoms with Gasteiger partial charge in [0.15, 0.2) is 0 Å². The van der Waals surface area contributed by atoms with E-state index in [0.717, 1.165) is 5.56 Å². The molecule has 0 radical (unpaired) electrons. The van der Waals surface area contributed by atoms with Crippen LogP contribution in [0.4, 0.5) is 0 Å². The molecular formula is C14H14Cl2N2O3. The van der Waals surface area contributed by atoms with E-state index in [0.29, 0.717) is 11.5 Å². The van der Waals surface area contributed by atoms with Crippen molar-refractivity contribution < 1.29 is 14.4 Å².